The third kappa shape index (κ3) is 6.06. The Morgan fingerprint density at radius 1 is 0.317 bits per heavy atom. The van der Waals surface area contributed by atoms with Crippen LogP contribution in [0.25, 0.3) is 22.3 Å². The molecule has 0 aliphatic rings. The average Bonchev–Trinajstić information content (AvgIpc) is 3.04. The summed E-state index contributed by atoms with van der Waals surface area (Å²) in [5.41, 5.74) is 8.50. The molecule has 6 rings (SSSR count). The van der Waals surface area contributed by atoms with Crippen LogP contribution in [-0.4, -0.2) is 10.2 Å². The van der Waals surface area contributed by atoms with Crippen LogP contribution < -0.4 is 0 Å². The van der Waals surface area contributed by atoms with E-state index in [9.17, 15) is 10.2 Å². The quantitative estimate of drug-likeness (QED) is 0.205. The van der Waals surface area contributed by atoms with E-state index in [4.69, 9.17) is 4.74 Å². The average molecular weight is 535 g/mol. The predicted octanol–water partition coefficient (Wildman–Crippen LogP) is 9.33. The van der Waals surface area contributed by atoms with E-state index in [2.05, 4.69) is 72.8 Å². The minimum atomic E-state index is -0.299. The first-order chi connectivity index (χ1) is 20.1. The van der Waals surface area contributed by atoms with Gasteiger partial charge in [0, 0.05) is 0 Å². The molecule has 0 aromatic heterocycles. The molecule has 0 fully saturated rings. The van der Waals surface area contributed by atoms with E-state index in [0.29, 0.717) is 0 Å². The fraction of sp³-hybridized carbons (Fsp3) is 0.0526. The summed E-state index contributed by atoms with van der Waals surface area (Å²) in [6.07, 6.45) is -0.598. The second kappa shape index (κ2) is 12.0. The lowest BCUT2D eigenvalue weighted by atomic mass is 9.95. The van der Waals surface area contributed by atoms with E-state index in [1.807, 2.05) is 60.7 Å². The highest BCUT2D eigenvalue weighted by molar-refractivity contribution is 5.65. The number of hydrogen-bond acceptors (Lipinski definition) is 3. The summed E-state index contributed by atoms with van der Waals surface area (Å²) in [7, 11) is 0. The van der Waals surface area contributed by atoms with Gasteiger partial charge in [0.25, 0.3) is 0 Å². The van der Waals surface area contributed by atoms with Gasteiger partial charge in [-0.1, -0.05) is 133 Å². The first kappa shape index (κ1) is 26.1. The molecule has 6 aromatic carbocycles. The molecule has 0 saturated carbocycles. The summed E-state index contributed by atoms with van der Waals surface area (Å²) in [6.45, 7) is 0. The topological polar surface area (TPSA) is 49.7 Å². The van der Waals surface area contributed by atoms with Crippen molar-refractivity contribution < 1.29 is 14.9 Å². The van der Waals surface area contributed by atoms with E-state index in [1.54, 1.807) is 24.3 Å². The number of rotatable bonds is 8. The molecule has 3 heteroatoms. The molecule has 200 valence electrons. The molecular weight excluding hydrogens is 504 g/mol. The Morgan fingerprint density at radius 2 is 0.585 bits per heavy atom. The third-order valence-electron chi connectivity index (χ3n) is 7.30. The van der Waals surface area contributed by atoms with Gasteiger partial charge in [-0.15, -0.1) is 0 Å². The van der Waals surface area contributed by atoms with Crippen LogP contribution in [-0.2, 0) is 4.74 Å². The van der Waals surface area contributed by atoms with Gasteiger partial charge >= 0.3 is 0 Å². The van der Waals surface area contributed by atoms with Crippen LogP contribution in [0.15, 0.2) is 158 Å². The van der Waals surface area contributed by atoms with Crippen molar-refractivity contribution in [3.63, 3.8) is 0 Å². The second-order valence-corrected chi connectivity index (χ2v) is 10.1. The van der Waals surface area contributed by atoms with Crippen LogP contribution in [0, 0.1) is 0 Å². The molecule has 0 heterocycles. The molecule has 0 aliphatic heterocycles. The lowest BCUT2D eigenvalue weighted by molar-refractivity contribution is 0.0309. The summed E-state index contributed by atoms with van der Waals surface area (Å²) in [5, 5.41) is 19.4. The molecule has 0 spiro atoms. The number of phenols is 2. The maximum atomic E-state index is 9.68. The molecule has 6 aromatic rings. The van der Waals surface area contributed by atoms with Crippen LogP contribution in [0.3, 0.4) is 0 Å². The first-order valence-corrected chi connectivity index (χ1v) is 13.7. The zero-order valence-electron chi connectivity index (χ0n) is 22.5. The number of benzene rings is 6. The van der Waals surface area contributed by atoms with Crippen LogP contribution in [0.5, 0.6) is 11.5 Å². The smallest absolute Gasteiger partial charge is 0.115 e. The number of phenolic OH excluding ortho intramolecular Hbond substituents is 2. The zero-order valence-corrected chi connectivity index (χ0v) is 22.5. The Bertz CT molecular complexity index is 1550. The minimum Gasteiger partial charge on any atom is -0.508 e. The van der Waals surface area contributed by atoms with Gasteiger partial charge in [0.15, 0.2) is 0 Å². The summed E-state index contributed by atoms with van der Waals surface area (Å²) < 4.78 is 7.05. The number of hydrogen-bond donors (Lipinski definition) is 2. The molecule has 41 heavy (non-hydrogen) atoms. The third-order valence-corrected chi connectivity index (χ3v) is 7.30. The highest BCUT2D eigenvalue weighted by Gasteiger charge is 2.23. The van der Waals surface area contributed by atoms with Crippen LogP contribution in [0.4, 0.5) is 0 Å². The SMILES string of the molecule is Oc1ccc(-c2ccc(C(OC(c3ccccc3)c3ccc(-c4ccc(O)cc4)cc3)c3ccccc3)cc2)cc1. The zero-order chi connectivity index (χ0) is 28.0. The van der Waals surface area contributed by atoms with Crippen molar-refractivity contribution >= 4 is 0 Å². The molecule has 0 amide bonds. The Hall–Kier alpha value is -5.12. The number of ether oxygens (including phenoxy) is 1. The van der Waals surface area contributed by atoms with Gasteiger partial charge in [0.2, 0.25) is 0 Å². The fourth-order valence-electron chi connectivity index (χ4n) is 5.10. The van der Waals surface area contributed by atoms with Crippen molar-refractivity contribution in [2.24, 2.45) is 0 Å². The maximum absolute atomic E-state index is 9.68. The molecule has 0 aliphatic carbocycles. The molecule has 0 bridgehead atoms. The minimum absolute atomic E-state index is 0.256. The van der Waals surface area contributed by atoms with Crippen LogP contribution in [0.1, 0.15) is 34.5 Å². The van der Waals surface area contributed by atoms with Gasteiger partial charge in [-0.2, -0.15) is 0 Å². The second-order valence-electron chi connectivity index (χ2n) is 10.1. The van der Waals surface area contributed by atoms with Crippen LogP contribution >= 0.6 is 0 Å². The highest BCUT2D eigenvalue weighted by atomic mass is 16.5. The van der Waals surface area contributed by atoms with Crippen LogP contribution in [0.2, 0.25) is 0 Å². The van der Waals surface area contributed by atoms with Gasteiger partial charge in [0.1, 0.15) is 23.7 Å². The summed E-state index contributed by atoms with van der Waals surface area (Å²) in [5.74, 6) is 0.511. The monoisotopic (exact) mass is 534 g/mol. The molecule has 3 nitrogen and oxygen atoms in total. The lowest BCUT2D eigenvalue weighted by Crippen LogP contribution is -2.13. The summed E-state index contributed by atoms with van der Waals surface area (Å²) in [4.78, 5) is 0. The van der Waals surface area contributed by atoms with Gasteiger partial charge in [-0.25, -0.2) is 0 Å². The van der Waals surface area contributed by atoms with Crippen molar-refractivity contribution in [3.05, 3.63) is 180 Å². The van der Waals surface area contributed by atoms with Gasteiger partial charge in [-0.3, -0.25) is 0 Å². The van der Waals surface area contributed by atoms with Crippen molar-refractivity contribution in [3.8, 4) is 33.8 Å². The van der Waals surface area contributed by atoms with E-state index in [1.165, 1.54) is 0 Å². The normalized spacial score (nSPS) is 12.5. The molecule has 0 saturated heterocycles. The molecule has 0 radical (unpaired) electrons. The molecule has 2 N–H and O–H groups in total. The standard InChI is InChI=1S/C38H30O3/c39-35-23-19-29(20-24-35)27-11-15-33(16-12-27)37(31-7-3-1-4-8-31)41-38(32-9-5-2-6-10-32)34-17-13-28(14-18-34)30-21-25-36(40)26-22-30/h1-26,37-40H. The first-order valence-electron chi connectivity index (χ1n) is 13.7. The van der Waals surface area contributed by atoms with E-state index in [-0.39, 0.29) is 23.7 Å². The van der Waals surface area contributed by atoms with Crippen molar-refractivity contribution in [1.82, 2.24) is 0 Å². The summed E-state index contributed by atoms with van der Waals surface area (Å²) in [6, 6.07) is 52.0. The fourth-order valence-corrected chi connectivity index (χ4v) is 5.10. The molecule has 2 atom stereocenters. The Morgan fingerprint density at radius 3 is 0.902 bits per heavy atom. The van der Waals surface area contributed by atoms with Gasteiger partial charge in [0.05, 0.1) is 0 Å². The number of aromatic hydroxyl groups is 2. The molecular formula is C38H30O3. The molecule has 2 unspecified atom stereocenters. The van der Waals surface area contributed by atoms with Crippen molar-refractivity contribution in [2.75, 3.05) is 0 Å². The predicted molar refractivity (Wildman–Crippen MR) is 165 cm³/mol. The lowest BCUT2D eigenvalue weighted by Gasteiger charge is -2.27. The Kier molecular flexibility index (Phi) is 7.61. The maximum Gasteiger partial charge on any atom is 0.115 e. The van der Waals surface area contributed by atoms with Crippen molar-refractivity contribution in [1.29, 1.82) is 0 Å². The van der Waals surface area contributed by atoms with Gasteiger partial charge < -0.3 is 14.9 Å². The summed E-state index contributed by atoms with van der Waals surface area (Å²) >= 11 is 0. The van der Waals surface area contributed by atoms with Crippen molar-refractivity contribution in [2.45, 2.75) is 12.2 Å². The Labute approximate surface area is 240 Å². The van der Waals surface area contributed by atoms with Gasteiger partial charge in [-0.05, 0) is 68.8 Å². The van der Waals surface area contributed by atoms with E-state index < -0.39 is 0 Å². The van der Waals surface area contributed by atoms with E-state index >= 15 is 0 Å². The largest absolute Gasteiger partial charge is 0.508 e. The Balaban J connectivity index is 1.36. The van der Waals surface area contributed by atoms with E-state index in [0.717, 1.165) is 44.5 Å². The highest BCUT2D eigenvalue weighted by Crippen LogP contribution is 2.37.